The van der Waals surface area contributed by atoms with E-state index < -0.39 is 16.4 Å². The Bertz CT molecular complexity index is 673. The standard InChI is InChI=1S/C15H14FNO4/c1-10-3-6-15(20-2)11(7-10)9-21-12-4-5-14(17(18)19)13(16)8-12/h3-8H,9H2,1-2H3. The van der Waals surface area contributed by atoms with Gasteiger partial charge in [-0.25, -0.2) is 0 Å². The molecule has 0 amide bonds. The Balaban J connectivity index is 2.15. The molecule has 0 saturated heterocycles. The van der Waals surface area contributed by atoms with E-state index in [1.165, 1.54) is 6.07 Å². The molecule has 0 aliphatic carbocycles. The maximum Gasteiger partial charge on any atom is 0.305 e. The lowest BCUT2D eigenvalue weighted by Gasteiger charge is -2.11. The van der Waals surface area contributed by atoms with Crippen LogP contribution in [0.25, 0.3) is 0 Å². The average Bonchev–Trinajstić information content (AvgIpc) is 2.45. The van der Waals surface area contributed by atoms with Gasteiger partial charge in [-0.3, -0.25) is 10.1 Å². The van der Waals surface area contributed by atoms with Crippen molar-refractivity contribution < 1.29 is 18.8 Å². The smallest absolute Gasteiger partial charge is 0.305 e. The number of ether oxygens (including phenoxy) is 2. The van der Waals surface area contributed by atoms with Crippen LogP contribution in [0, 0.1) is 22.9 Å². The number of halogens is 1. The fraction of sp³-hybridized carbons (Fsp3) is 0.200. The van der Waals surface area contributed by atoms with Crippen LogP contribution in [0.1, 0.15) is 11.1 Å². The van der Waals surface area contributed by atoms with Crippen LogP contribution in [0.15, 0.2) is 36.4 Å². The second-order valence-corrected chi connectivity index (χ2v) is 4.47. The molecule has 0 saturated carbocycles. The molecule has 0 atom stereocenters. The number of nitrogens with zero attached hydrogens (tertiary/aromatic N) is 1. The molecule has 2 rings (SSSR count). The van der Waals surface area contributed by atoms with Crippen molar-refractivity contribution in [1.82, 2.24) is 0 Å². The van der Waals surface area contributed by atoms with Crippen LogP contribution in [0.5, 0.6) is 11.5 Å². The van der Waals surface area contributed by atoms with Gasteiger partial charge in [0.1, 0.15) is 18.1 Å². The fourth-order valence-corrected chi connectivity index (χ4v) is 1.91. The van der Waals surface area contributed by atoms with E-state index in [0.717, 1.165) is 23.3 Å². The Morgan fingerprint density at radius 2 is 2.00 bits per heavy atom. The van der Waals surface area contributed by atoms with Gasteiger partial charge in [0.15, 0.2) is 0 Å². The number of hydrogen-bond acceptors (Lipinski definition) is 4. The molecule has 2 aromatic rings. The third kappa shape index (κ3) is 3.47. The molecular weight excluding hydrogens is 277 g/mol. The first kappa shape index (κ1) is 14.8. The summed E-state index contributed by atoms with van der Waals surface area (Å²) in [6.07, 6.45) is 0. The van der Waals surface area contributed by atoms with Gasteiger partial charge in [-0.2, -0.15) is 4.39 Å². The molecule has 0 aliphatic rings. The molecule has 21 heavy (non-hydrogen) atoms. The molecule has 0 N–H and O–H groups in total. The molecule has 0 fully saturated rings. The Morgan fingerprint density at radius 1 is 1.24 bits per heavy atom. The van der Waals surface area contributed by atoms with E-state index in [4.69, 9.17) is 9.47 Å². The largest absolute Gasteiger partial charge is 0.496 e. The monoisotopic (exact) mass is 291 g/mol. The summed E-state index contributed by atoms with van der Waals surface area (Å²) < 4.78 is 24.2. The zero-order valence-electron chi connectivity index (χ0n) is 11.6. The Morgan fingerprint density at radius 3 is 2.62 bits per heavy atom. The van der Waals surface area contributed by atoms with Crippen molar-refractivity contribution in [2.75, 3.05) is 7.11 Å². The lowest BCUT2D eigenvalue weighted by molar-refractivity contribution is -0.387. The molecule has 0 aliphatic heterocycles. The highest BCUT2D eigenvalue weighted by molar-refractivity contribution is 5.39. The predicted octanol–water partition coefficient (Wildman–Crippen LogP) is 3.63. The van der Waals surface area contributed by atoms with Gasteiger partial charge in [-0.1, -0.05) is 11.6 Å². The lowest BCUT2D eigenvalue weighted by atomic mass is 10.1. The van der Waals surface area contributed by atoms with Gasteiger partial charge in [0.05, 0.1) is 12.0 Å². The number of rotatable bonds is 5. The van der Waals surface area contributed by atoms with Gasteiger partial charge in [-0.05, 0) is 25.1 Å². The summed E-state index contributed by atoms with van der Waals surface area (Å²) in [7, 11) is 1.56. The van der Waals surface area contributed by atoms with Crippen LogP contribution in [0.2, 0.25) is 0 Å². The normalized spacial score (nSPS) is 10.2. The van der Waals surface area contributed by atoms with Crippen LogP contribution in [-0.4, -0.2) is 12.0 Å². The maximum atomic E-state index is 13.5. The quantitative estimate of drug-likeness (QED) is 0.623. The number of benzene rings is 2. The van der Waals surface area contributed by atoms with Gasteiger partial charge in [0, 0.05) is 17.7 Å². The summed E-state index contributed by atoms with van der Waals surface area (Å²) in [6, 6.07) is 9.08. The van der Waals surface area contributed by atoms with E-state index in [1.54, 1.807) is 7.11 Å². The van der Waals surface area contributed by atoms with E-state index in [0.29, 0.717) is 5.75 Å². The average molecular weight is 291 g/mol. The van der Waals surface area contributed by atoms with Crippen molar-refractivity contribution >= 4 is 5.69 Å². The van der Waals surface area contributed by atoms with Crippen molar-refractivity contribution in [3.05, 3.63) is 63.5 Å². The lowest BCUT2D eigenvalue weighted by Crippen LogP contribution is -2.00. The van der Waals surface area contributed by atoms with E-state index in [1.807, 2.05) is 25.1 Å². The fourth-order valence-electron chi connectivity index (χ4n) is 1.91. The molecule has 0 heterocycles. The third-order valence-electron chi connectivity index (χ3n) is 2.95. The zero-order chi connectivity index (χ0) is 15.4. The molecule has 2 aromatic carbocycles. The first-order valence-corrected chi connectivity index (χ1v) is 6.21. The van der Waals surface area contributed by atoms with E-state index in [9.17, 15) is 14.5 Å². The molecule has 110 valence electrons. The molecule has 0 aromatic heterocycles. The first-order valence-electron chi connectivity index (χ1n) is 6.21. The van der Waals surface area contributed by atoms with Crippen LogP contribution >= 0.6 is 0 Å². The van der Waals surface area contributed by atoms with Gasteiger partial charge >= 0.3 is 5.69 Å². The first-order chi connectivity index (χ1) is 10.0. The second-order valence-electron chi connectivity index (χ2n) is 4.47. The number of nitro groups is 1. The zero-order valence-corrected chi connectivity index (χ0v) is 11.6. The number of methoxy groups -OCH3 is 1. The van der Waals surface area contributed by atoms with Crippen molar-refractivity contribution in [3.8, 4) is 11.5 Å². The van der Waals surface area contributed by atoms with Crippen LogP contribution < -0.4 is 9.47 Å². The minimum atomic E-state index is -0.922. The van der Waals surface area contributed by atoms with Gasteiger partial charge < -0.3 is 9.47 Å². The summed E-state index contributed by atoms with van der Waals surface area (Å²) in [5.74, 6) is -0.0293. The highest BCUT2D eigenvalue weighted by atomic mass is 19.1. The maximum absolute atomic E-state index is 13.5. The van der Waals surface area contributed by atoms with Crippen LogP contribution in [0.4, 0.5) is 10.1 Å². The minimum absolute atomic E-state index is 0.183. The Labute approximate surface area is 121 Å². The molecule has 0 bridgehead atoms. The van der Waals surface area contributed by atoms with E-state index >= 15 is 0 Å². The molecule has 0 radical (unpaired) electrons. The van der Waals surface area contributed by atoms with Crippen LogP contribution in [0.3, 0.4) is 0 Å². The summed E-state index contributed by atoms with van der Waals surface area (Å²) in [4.78, 5) is 9.77. The molecule has 0 spiro atoms. The van der Waals surface area contributed by atoms with E-state index in [2.05, 4.69) is 0 Å². The molecular formula is C15H14FNO4. The predicted molar refractivity (Wildman–Crippen MR) is 75.1 cm³/mol. The van der Waals surface area contributed by atoms with Gasteiger partial charge in [-0.15, -0.1) is 0 Å². The molecule has 6 heteroatoms. The topological polar surface area (TPSA) is 61.6 Å². The van der Waals surface area contributed by atoms with Crippen molar-refractivity contribution in [1.29, 1.82) is 0 Å². The summed E-state index contributed by atoms with van der Waals surface area (Å²) >= 11 is 0. The van der Waals surface area contributed by atoms with E-state index in [-0.39, 0.29) is 12.4 Å². The van der Waals surface area contributed by atoms with Crippen molar-refractivity contribution in [2.24, 2.45) is 0 Å². The minimum Gasteiger partial charge on any atom is -0.496 e. The highest BCUT2D eigenvalue weighted by Gasteiger charge is 2.14. The third-order valence-corrected chi connectivity index (χ3v) is 2.95. The van der Waals surface area contributed by atoms with Gasteiger partial charge in [0.25, 0.3) is 0 Å². The molecule has 5 nitrogen and oxygen atoms in total. The number of aryl methyl sites for hydroxylation is 1. The number of nitro benzene ring substituents is 1. The second kappa shape index (κ2) is 6.21. The summed E-state index contributed by atoms with van der Waals surface area (Å²) in [5, 5.41) is 10.5. The summed E-state index contributed by atoms with van der Waals surface area (Å²) in [5.41, 5.74) is 1.29. The summed E-state index contributed by atoms with van der Waals surface area (Å²) in [6.45, 7) is 2.12. The van der Waals surface area contributed by atoms with Crippen LogP contribution in [-0.2, 0) is 6.61 Å². The Kier molecular flexibility index (Phi) is 4.37. The molecule has 0 unspecified atom stereocenters. The Hall–Kier alpha value is -2.63. The SMILES string of the molecule is COc1ccc(C)cc1COc1ccc([N+](=O)[O-])c(F)c1. The van der Waals surface area contributed by atoms with Crippen molar-refractivity contribution in [2.45, 2.75) is 13.5 Å². The van der Waals surface area contributed by atoms with Crippen molar-refractivity contribution in [3.63, 3.8) is 0 Å². The van der Waals surface area contributed by atoms with Gasteiger partial charge in [0.2, 0.25) is 5.82 Å². The highest BCUT2D eigenvalue weighted by Crippen LogP contribution is 2.25. The number of hydrogen-bond donors (Lipinski definition) is 0.